The molecule has 1 unspecified atom stereocenters. The summed E-state index contributed by atoms with van der Waals surface area (Å²) in [6, 6.07) is 46.0. The topological polar surface area (TPSA) is 62.2 Å². The van der Waals surface area contributed by atoms with Crippen LogP contribution in [0.1, 0.15) is 38.8 Å². The van der Waals surface area contributed by atoms with E-state index in [4.69, 9.17) is 9.47 Å². The summed E-state index contributed by atoms with van der Waals surface area (Å²) >= 11 is 0. The molecule has 6 nitrogen and oxygen atoms in total. The molecule has 0 aliphatic rings. The molecular formula is C43H46N2O4. The predicted molar refractivity (Wildman–Crippen MR) is 200 cm³/mol. The fourth-order valence-corrected chi connectivity index (χ4v) is 5.41. The van der Waals surface area contributed by atoms with E-state index in [9.17, 15) is 9.90 Å². The Balaban J connectivity index is 1.43. The smallest absolute Gasteiger partial charge is 0.311 e. The Labute approximate surface area is 290 Å². The standard InChI is InChI=1S/C43H46N2O4/c1-32(2)41(46)48-28-26-33-14-12-20-39(30-33)44(35-16-8-6-9-17-35)37-22-24-38(25-23-37)45(36-18-10-7-11-19-36)40-21-13-15-34(31-40)27-29-49-42(47)43(3,4)5/h6-25,30-31,41,46H,1,26-29H2,2-5H3. The van der Waals surface area contributed by atoms with Gasteiger partial charge in [-0.25, -0.2) is 0 Å². The highest BCUT2D eigenvalue weighted by atomic mass is 16.6. The number of esters is 1. The van der Waals surface area contributed by atoms with Crippen molar-refractivity contribution < 1.29 is 19.4 Å². The molecule has 49 heavy (non-hydrogen) atoms. The number of nitrogens with zero attached hydrogens (tertiary/aromatic N) is 2. The van der Waals surface area contributed by atoms with Gasteiger partial charge in [-0.05, 0) is 124 Å². The normalized spacial score (nSPS) is 11.9. The molecule has 0 amide bonds. The van der Waals surface area contributed by atoms with E-state index in [2.05, 4.69) is 113 Å². The molecule has 1 N–H and O–H groups in total. The van der Waals surface area contributed by atoms with Crippen LogP contribution in [0.3, 0.4) is 0 Å². The SMILES string of the molecule is C=C(C)C(O)OCCc1cccc(N(c2ccccc2)c2ccc(N(c3ccccc3)c3cccc(CCOC(=O)C(C)(C)C)c3)cc2)c1. The van der Waals surface area contributed by atoms with Crippen LogP contribution in [0.4, 0.5) is 34.1 Å². The van der Waals surface area contributed by atoms with E-state index in [1.165, 1.54) is 0 Å². The number of para-hydroxylation sites is 2. The number of aliphatic hydroxyl groups excluding tert-OH is 1. The Morgan fingerprint density at radius 3 is 1.47 bits per heavy atom. The first-order valence-corrected chi connectivity index (χ1v) is 16.7. The Bertz CT molecular complexity index is 1810. The van der Waals surface area contributed by atoms with Crippen molar-refractivity contribution >= 4 is 40.1 Å². The van der Waals surface area contributed by atoms with Crippen molar-refractivity contribution in [2.24, 2.45) is 5.41 Å². The number of aliphatic hydroxyl groups is 1. The molecule has 0 saturated carbocycles. The van der Waals surface area contributed by atoms with Crippen molar-refractivity contribution in [1.82, 2.24) is 0 Å². The molecule has 0 aliphatic heterocycles. The number of anilines is 6. The minimum atomic E-state index is -0.960. The molecule has 0 radical (unpaired) electrons. The molecule has 252 valence electrons. The largest absolute Gasteiger partial charge is 0.465 e. The maximum absolute atomic E-state index is 12.3. The maximum atomic E-state index is 12.3. The lowest BCUT2D eigenvalue weighted by Crippen LogP contribution is -2.23. The third kappa shape index (κ3) is 9.47. The van der Waals surface area contributed by atoms with E-state index in [0.717, 1.165) is 45.3 Å². The van der Waals surface area contributed by atoms with Crippen molar-refractivity contribution in [3.05, 3.63) is 157 Å². The molecular weight excluding hydrogens is 608 g/mol. The second-order valence-corrected chi connectivity index (χ2v) is 13.2. The zero-order chi connectivity index (χ0) is 34.8. The third-order valence-electron chi connectivity index (χ3n) is 8.06. The van der Waals surface area contributed by atoms with Gasteiger partial charge in [0.2, 0.25) is 0 Å². The van der Waals surface area contributed by atoms with Gasteiger partial charge in [-0.3, -0.25) is 4.79 Å². The van der Waals surface area contributed by atoms with Gasteiger partial charge in [0.05, 0.1) is 18.6 Å². The van der Waals surface area contributed by atoms with E-state index in [1.54, 1.807) is 6.92 Å². The lowest BCUT2D eigenvalue weighted by Gasteiger charge is -2.29. The van der Waals surface area contributed by atoms with Crippen LogP contribution in [0.2, 0.25) is 0 Å². The van der Waals surface area contributed by atoms with Gasteiger partial charge < -0.3 is 24.4 Å². The summed E-state index contributed by atoms with van der Waals surface area (Å²) in [4.78, 5) is 16.8. The lowest BCUT2D eigenvalue weighted by molar-refractivity contribution is -0.152. The zero-order valence-electron chi connectivity index (χ0n) is 28.9. The quantitative estimate of drug-likeness (QED) is 0.0731. The van der Waals surface area contributed by atoms with Gasteiger partial charge in [0, 0.05) is 40.5 Å². The summed E-state index contributed by atoms with van der Waals surface area (Å²) in [5, 5.41) is 9.99. The van der Waals surface area contributed by atoms with Gasteiger partial charge in [0.25, 0.3) is 0 Å². The van der Waals surface area contributed by atoms with Crippen molar-refractivity contribution in [3.8, 4) is 0 Å². The van der Waals surface area contributed by atoms with Crippen LogP contribution in [0, 0.1) is 5.41 Å². The number of ether oxygens (including phenoxy) is 2. The minimum Gasteiger partial charge on any atom is -0.465 e. The number of carbonyl (C=O) groups excluding carboxylic acids is 1. The molecule has 5 aromatic rings. The minimum absolute atomic E-state index is 0.196. The van der Waals surface area contributed by atoms with Crippen molar-refractivity contribution in [2.45, 2.75) is 46.8 Å². The second kappa shape index (κ2) is 16.3. The van der Waals surface area contributed by atoms with Crippen LogP contribution in [-0.4, -0.2) is 30.6 Å². The van der Waals surface area contributed by atoms with Crippen LogP contribution in [0.25, 0.3) is 0 Å². The summed E-state index contributed by atoms with van der Waals surface area (Å²) in [6.07, 6.45) is 0.325. The van der Waals surface area contributed by atoms with Gasteiger partial charge in [-0.15, -0.1) is 0 Å². The summed E-state index contributed by atoms with van der Waals surface area (Å²) < 4.78 is 11.1. The average Bonchev–Trinajstić information content (AvgIpc) is 3.10. The Morgan fingerprint density at radius 2 is 1.04 bits per heavy atom. The highest BCUT2D eigenvalue weighted by molar-refractivity contribution is 5.81. The molecule has 0 heterocycles. The second-order valence-electron chi connectivity index (χ2n) is 13.2. The Morgan fingerprint density at radius 1 is 0.633 bits per heavy atom. The monoisotopic (exact) mass is 654 g/mol. The fourth-order valence-electron chi connectivity index (χ4n) is 5.41. The summed E-state index contributed by atoms with van der Waals surface area (Å²) in [5.74, 6) is -0.196. The number of hydrogen-bond donors (Lipinski definition) is 1. The van der Waals surface area contributed by atoms with Crippen molar-refractivity contribution in [2.75, 3.05) is 23.0 Å². The van der Waals surface area contributed by atoms with E-state index in [-0.39, 0.29) is 5.97 Å². The van der Waals surface area contributed by atoms with E-state index < -0.39 is 11.7 Å². The first-order valence-electron chi connectivity index (χ1n) is 16.7. The van der Waals surface area contributed by atoms with Crippen LogP contribution in [-0.2, 0) is 27.1 Å². The number of benzene rings is 5. The summed E-state index contributed by atoms with van der Waals surface area (Å²) in [7, 11) is 0. The molecule has 0 aliphatic carbocycles. The molecule has 1 atom stereocenters. The Hall–Kier alpha value is -5.17. The van der Waals surface area contributed by atoms with Gasteiger partial charge in [0.15, 0.2) is 6.29 Å². The Kier molecular flexibility index (Phi) is 11.7. The summed E-state index contributed by atoms with van der Waals surface area (Å²) in [5.41, 5.74) is 8.41. The molecule has 0 aromatic heterocycles. The molecule has 0 bridgehead atoms. The van der Waals surface area contributed by atoms with Crippen LogP contribution < -0.4 is 9.80 Å². The first kappa shape index (κ1) is 35.1. The van der Waals surface area contributed by atoms with Crippen molar-refractivity contribution in [3.63, 3.8) is 0 Å². The first-order chi connectivity index (χ1) is 23.6. The molecule has 5 rings (SSSR count). The third-order valence-corrected chi connectivity index (χ3v) is 8.06. The van der Waals surface area contributed by atoms with E-state index in [1.807, 2.05) is 57.2 Å². The summed E-state index contributed by atoms with van der Waals surface area (Å²) in [6.45, 7) is 11.8. The molecule has 5 aromatic carbocycles. The predicted octanol–water partition coefficient (Wildman–Crippen LogP) is 10.2. The number of carbonyl (C=O) groups is 1. The lowest BCUT2D eigenvalue weighted by atomic mass is 9.97. The van der Waals surface area contributed by atoms with E-state index in [0.29, 0.717) is 31.6 Å². The zero-order valence-corrected chi connectivity index (χ0v) is 28.9. The van der Waals surface area contributed by atoms with Gasteiger partial charge in [-0.2, -0.15) is 0 Å². The highest BCUT2D eigenvalue weighted by Crippen LogP contribution is 2.39. The average molecular weight is 655 g/mol. The molecule has 6 heteroatoms. The van der Waals surface area contributed by atoms with E-state index >= 15 is 0 Å². The molecule has 0 saturated heterocycles. The van der Waals surface area contributed by atoms with Crippen LogP contribution in [0.15, 0.2) is 146 Å². The molecule has 0 spiro atoms. The van der Waals surface area contributed by atoms with Gasteiger partial charge >= 0.3 is 5.97 Å². The van der Waals surface area contributed by atoms with Gasteiger partial charge in [0.1, 0.15) is 0 Å². The molecule has 0 fully saturated rings. The van der Waals surface area contributed by atoms with Crippen LogP contribution in [0.5, 0.6) is 0 Å². The van der Waals surface area contributed by atoms with Crippen LogP contribution >= 0.6 is 0 Å². The maximum Gasteiger partial charge on any atom is 0.311 e. The van der Waals surface area contributed by atoms with Crippen molar-refractivity contribution in [1.29, 1.82) is 0 Å². The fraction of sp³-hybridized carbons (Fsp3) is 0.233. The van der Waals surface area contributed by atoms with Gasteiger partial charge in [-0.1, -0.05) is 67.2 Å². The number of hydrogen-bond acceptors (Lipinski definition) is 6. The number of rotatable bonds is 14. The highest BCUT2D eigenvalue weighted by Gasteiger charge is 2.23.